The third-order valence-electron chi connectivity index (χ3n) is 5.49. The smallest absolute Gasteiger partial charge is 0.336 e. The molecule has 30 heavy (non-hydrogen) atoms. The quantitative estimate of drug-likeness (QED) is 0.762. The number of allylic oxidation sites excluding steroid dienone is 2. The monoisotopic (exact) mass is 405 g/mol. The molecule has 1 aliphatic carbocycles. The lowest BCUT2D eigenvalue weighted by molar-refractivity contribution is -0.138. The van der Waals surface area contributed by atoms with Gasteiger partial charge >= 0.3 is 5.97 Å². The zero-order chi connectivity index (χ0) is 21.4. The number of nitrogens with one attached hydrogen (secondary N) is 1. The van der Waals surface area contributed by atoms with Crippen molar-refractivity contribution in [1.29, 1.82) is 0 Å². The average molecular weight is 405 g/mol. The summed E-state index contributed by atoms with van der Waals surface area (Å²) in [7, 11) is 3.12. The van der Waals surface area contributed by atoms with Crippen LogP contribution in [-0.2, 0) is 9.53 Å². The summed E-state index contributed by atoms with van der Waals surface area (Å²) in [5.74, 6) is -0.0249. The highest BCUT2D eigenvalue weighted by molar-refractivity contribution is 6.23. The van der Waals surface area contributed by atoms with Gasteiger partial charge in [-0.25, -0.2) is 4.79 Å². The number of carbonyl (C=O) groups is 2. The van der Waals surface area contributed by atoms with Gasteiger partial charge in [0.2, 0.25) is 0 Å². The molecule has 0 bridgehead atoms. The summed E-state index contributed by atoms with van der Waals surface area (Å²) >= 11 is 0. The fourth-order valence-corrected chi connectivity index (χ4v) is 4.17. The van der Waals surface area contributed by atoms with Gasteiger partial charge in [-0.2, -0.15) is 0 Å². The fourth-order valence-electron chi connectivity index (χ4n) is 4.17. The van der Waals surface area contributed by atoms with E-state index in [1.807, 2.05) is 43.3 Å². The minimum absolute atomic E-state index is 0.0952. The molecular formula is C24H23NO5. The van der Waals surface area contributed by atoms with Crippen molar-refractivity contribution in [3.63, 3.8) is 0 Å². The molecule has 0 aromatic heterocycles. The van der Waals surface area contributed by atoms with Crippen molar-refractivity contribution in [3.8, 4) is 11.5 Å². The standard InChI is InChI=1S/C24H23NO5/c1-5-30-24(27)19-13(2)25-22-15-8-6-7-9-16(15)23(26)21(22)20(19)14-10-11-17(28-3)18(12-14)29-4/h6-12,20,25H,5H2,1-4H3. The molecule has 1 atom stereocenters. The number of methoxy groups -OCH3 is 2. The second kappa shape index (κ2) is 7.71. The number of Topliss-reactive ketones (excluding diaryl/α,β-unsaturated/α-hetero) is 1. The predicted molar refractivity (Wildman–Crippen MR) is 112 cm³/mol. The van der Waals surface area contributed by atoms with Crippen LogP contribution in [0.25, 0.3) is 5.70 Å². The van der Waals surface area contributed by atoms with Crippen LogP contribution in [0.15, 0.2) is 59.3 Å². The molecule has 1 N–H and O–H groups in total. The van der Waals surface area contributed by atoms with Gasteiger partial charge in [-0.15, -0.1) is 0 Å². The van der Waals surface area contributed by atoms with Gasteiger partial charge in [0, 0.05) is 28.3 Å². The lowest BCUT2D eigenvalue weighted by atomic mass is 9.79. The Kier molecular flexibility index (Phi) is 5.08. The largest absolute Gasteiger partial charge is 0.493 e. The zero-order valence-corrected chi connectivity index (χ0v) is 17.4. The van der Waals surface area contributed by atoms with Crippen LogP contribution < -0.4 is 14.8 Å². The van der Waals surface area contributed by atoms with E-state index in [-0.39, 0.29) is 12.4 Å². The highest BCUT2D eigenvalue weighted by atomic mass is 16.5. The summed E-state index contributed by atoms with van der Waals surface area (Å²) in [6.45, 7) is 3.83. The normalized spacial score (nSPS) is 17.3. The number of carbonyl (C=O) groups excluding carboxylic acids is 2. The topological polar surface area (TPSA) is 73.9 Å². The first-order chi connectivity index (χ1) is 14.5. The van der Waals surface area contributed by atoms with Gasteiger partial charge in [-0.05, 0) is 31.5 Å². The van der Waals surface area contributed by atoms with Gasteiger partial charge < -0.3 is 19.5 Å². The highest BCUT2D eigenvalue weighted by Gasteiger charge is 2.43. The third kappa shape index (κ3) is 2.96. The molecule has 6 nitrogen and oxygen atoms in total. The van der Waals surface area contributed by atoms with Crippen molar-refractivity contribution in [2.75, 3.05) is 20.8 Å². The van der Waals surface area contributed by atoms with E-state index in [0.29, 0.717) is 33.9 Å². The van der Waals surface area contributed by atoms with Gasteiger partial charge in [0.05, 0.1) is 32.1 Å². The average Bonchev–Trinajstić information content (AvgIpc) is 3.04. The Morgan fingerprint density at radius 1 is 1.03 bits per heavy atom. The highest BCUT2D eigenvalue weighted by Crippen LogP contribution is 2.47. The molecule has 2 aliphatic rings. The van der Waals surface area contributed by atoms with E-state index >= 15 is 0 Å². The van der Waals surface area contributed by atoms with Crippen LogP contribution in [0.3, 0.4) is 0 Å². The SMILES string of the molecule is CCOC(=O)C1=C(C)NC2=C(C(=O)c3ccccc32)C1c1ccc(OC)c(OC)c1. The number of esters is 1. The van der Waals surface area contributed by atoms with Crippen molar-refractivity contribution < 1.29 is 23.8 Å². The summed E-state index contributed by atoms with van der Waals surface area (Å²) in [5.41, 5.74) is 4.58. The number of rotatable bonds is 5. The molecule has 4 rings (SSSR count). The first kappa shape index (κ1) is 19.8. The molecule has 154 valence electrons. The van der Waals surface area contributed by atoms with E-state index in [1.165, 1.54) is 0 Å². The Hall–Kier alpha value is -3.54. The minimum atomic E-state index is -0.583. The van der Waals surface area contributed by atoms with Crippen LogP contribution in [0.1, 0.15) is 41.3 Å². The van der Waals surface area contributed by atoms with Gasteiger partial charge in [0.15, 0.2) is 17.3 Å². The molecule has 0 spiro atoms. The number of fused-ring (bicyclic) bond motifs is 2. The second-order valence-corrected chi connectivity index (χ2v) is 7.09. The summed E-state index contributed by atoms with van der Waals surface area (Å²) < 4.78 is 16.2. The van der Waals surface area contributed by atoms with Gasteiger partial charge in [-0.3, -0.25) is 4.79 Å². The van der Waals surface area contributed by atoms with E-state index in [4.69, 9.17) is 14.2 Å². The van der Waals surface area contributed by atoms with Crippen LogP contribution in [0, 0.1) is 0 Å². The minimum Gasteiger partial charge on any atom is -0.493 e. The molecule has 1 unspecified atom stereocenters. The van der Waals surface area contributed by atoms with E-state index in [0.717, 1.165) is 16.8 Å². The van der Waals surface area contributed by atoms with Gasteiger partial charge in [0.25, 0.3) is 0 Å². The second-order valence-electron chi connectivity index (χ2n) is 7.09. The molecule has 0 radical (unpaired) electrons. The lowest BCUT2D eigenvalue weighted by Gasteiger charge is -2.29. The molecular weight excluding hydrogens is 382 g/mol. The van der Waals surface area contributed by atoms with Crippen LogP contribution in [0.2, 0.25) is 0 Å². The molecule has 0 fully saturated rings. The van der Waals surface area contributed by atoms with Crippen LogP contribution in [-0.4, -0.2) is 32.6 Å². The number of benzene rings is 2. The fraction of sp³-hybridized carbons (Fsp3) is 0.250. The Morgan fingerprint density at radius 3 is 2.40 bits per heavy atom. The van der Waals surface area contributed by atoms with Crippen molar-refractivity contribution in [1.82, 2.24) is 5.32 Å². The Morgan fingerprint density at radius 2 is 1.73 bits per heavy atom. The maximum absolute atomic E-state index is 13.4. The van der Waals surface area contributed by atoms with E-state index in [2.05, 4.69) is 5.32 Å². The van der Waals surface area contributed by atoms with E-state index in [9.17, 15) is 9.59 Å². The molecule has 0 saturated heterocycles. The molecule has 1 aliphatic heterocycles. The maximum atomic E-state index is 13.4. The molecule has 1 heterocycles. The number of ketones is 1. The summed E-state index contributed by atoms with van der Waals surface area (Å²) in [4.78, 5) is 26.3. The van der Waals surface area contributed by atoms with Crippen LogP contribution in [0.5, 0.6) is 11.5 Å². The Balaban J connectivity index is 1.93. The van der Waals surface area contributed by atoms with Crippen molar-refractivity contribution >= 4 is 17.4 Å². The molecule has 2 aromatic rings. The summed E-state index contributed by atoms with van der Waals surface area (Å²) in [5, 5.41) is 3.29. The predicted octanol–water partition coefficient (Wildman–Crippen LogP) is 3.84. The number of hydrogen-bond acceptors (Lipinski definition) is 6. The molecule has 0 saturated carbocycles. The Labute approximate surface area is 175 Å². The third-order valence-corrected chi connectivity index (χ3v) is 5.49. The summed E-state index contributed by atoms with van der Waals surface area (Å²) in [6.07, 6.45) is 0. The molecule has 0 amide bonds. The number of ether oxygens (including phenoxy) is 3. The first-order valence-electron chi connectivity index (χ1n) is 9.76. The van der Waals surface area contributed by atoms with Crippen LogP contribution in [0.4, 0.5) is 0 Å². The van der Waals surface area contributed by atoms with Crippen molar-refractivity contribution in [2.45, 2.75) is 19.8 Å². The zero-order valence-electron chi connectivity index (χ0n) is 17.4. The summed E-state index contributed by atoms with van der Waals surface area (Å²) in [6, 6.07) is 12.9. The van der Waals surface area contributed by atoms with Crippen LogP contribution >= 0.6 is 0 Å². The van der Waals surface area contributed by atoms with E-state index < -0.39 is 11.9 Å². The van der Waals surface area contributed by atoms with Crippen molar-refractivity contribution in [2.24, 2.45) is 0 Å². The van der Waals surface area contributed by atoms with Crippen molar-refractivity contribution in [3.05, 3.63) is 76.0 Å². The maximum Gasteiger partial charge on any atom is 0.336 e. The van der Waals surface area contributed by atoms with Gasteiger partial charge in [0.1, 0.15) is 0 Å². The van der Waals surface area contributed by atoms with Gasteiger partial charge in [-0.1, -0.05) is 30.3 Å². The first-order valence-corrected chi connectivity index (χ1v) is 9.76. The number of dihydropyridines is 1. The number of hydrogen-bond donors (Lipinski definition) is 1. The lowest BCUT2D eigenvalue weighted by Crippen LogP contribution is -2.29. The Bertz CT molecular complexity index is 1110. The molecule has 2 aromatic carbocycles. The van der Waals surface area contributed by atoms with E-state index in [1.54, 1.807) is 27.2 Å². The molecule has 6 heteroatoms.